The number of urea groups is 3. The molecule has 0 aliphatic carbocycles. The van der Waals surface area contributed by atoms with Gasteiger partial charge in [-0.15, -0.1) is 0 Å². The molecule has 0 atom stereocenters. The van der Waals surface area contributed by atoms with Crippen LogP contribution in [0.2, 0.25) is 18.1 Å². The van der Waals surface area contributed by atoms with Crippen molar-refractivity contribution in [3.63, 3.8) is 0 Å². The van der Waals surface area contributed by atoms with Gasteiger partial charge in [0, 0.05) is 128 Å². The summed E-state index contributed by atoms with van der Waals surface area (Å²) in [5.41, 5.74) is 0. The second-order valence-corrected chi connectivity index (χ2v) is 19.1. The van der Waals surface area contributed by atoms with E-state index >= 15 is 0 Å². The lowest BCUT2D eigenvalue weighted by molar-refractivity contribution is 0.122. The molecule has 18 nitrogen and oxygen atoms in total. The van der Waals surface area contributed by atoms with E-state index in [1.165, 1.54) is 68.9 Å². The van der Waals surface area contributed by atoms with Crippen LogP contribution in [0.25, 0.3) is 0 Å². The Morgan fingerprint density at radius 1 is 0.435 bits per heavy atom. The van der Waals surface area contributed by atoms with Crippen LogP contribution in [-0.2, 0) is 39.8 Å². The highest BCUT2D eigenvalue weighted by Gasteiger charge is 2.38. The van der Waals surface area contributed by atoms with Crippen LogP contribution in [0.4, 0.5) is 14.4 Å². The maximum absolute atomic E-state index is 13.0. The molecule has 6 amide bonds. The largest absolute Gasteiger partial charge is 0.500 e. The molecule has 0 aromatic carbocycles. The first-order valence-corrected chi connectivity index (χ1v) is 20.9. The third-order valence-electron chi connectivity index (χ3n) is 7.25. The minimum absolute atomic E-state index is 0.190. The van der Waals surface area contributed by atoms with Crippen LogP contribution >= 0.6 is 0 Å². The molecule has 0 spiro atoms. The Morgan fingerprint density at radius 3 is 0.978 bits per heavy atom. The van der Waals surface area contributed by atoms with E-state index in [0.29, 0.717) is 57.0 Å². The fourth-order valence-electron chi connectivity index (χ4n) is 4.34. The molecule has 0 radical (unpaired) electrons. The maximum Gasteiger partial charge on any atom is 0.500 e. The minimum atomic E-state index is -2.76. The van der Waals surface area contributed by atoms with E-state index in [-0.39, 0.29) is 44.3 Å². The van der Waals surface area contributed by atoms with E-state index in [9.17, 15) is 14.4 Å². The normalized spacial score (nSPS) is 12.0. The average Bonchev–Trinajstić information content (AvgIpc) is 3.08. The molecule has 0 aromatic rings. The number of hydrogen-bond donors (Lipinski definition) is 5. The van der Waals surface area contributed by atoms with Crippen LogP contribution in [0.5, 0.6) is 0 Å². The highest BCUT2D eigenvalue weighted by molar-refractivity contribution is 6.61. The summed E-state index contributed by atoms with van der Waals surface area (Å²) in [5, 5.41) is 13.9. The molecule has 46 heavy (non-hydrogen) atoms. The van der Waals surface area contributed by atoms with Gasteiger partial charge in [-0.2, -0.15) is 0 Å². The van der Waals surface area contributed by atoms with Gasteiger partial charge in [0.1, 0.15) is 0 Å². The van der Waals surface area contributed by atoms with Crippen LogP contribution < -0.4 is 26.6 Å². The Balaban J connectivity index is 4.86. The molecule has 0 heterocycles. The number of hydrogen-bond acceptors (Lipinski definition) is 12. The Kier molecular flexibility index (Phi) is 24.1. The van der Waals surface area contributed by atoms with Crippen LogP contribution in [-0.4, -0.2) is 159 Å². The van der Waals surface area contributed by atoms with E-state index < -0.39 is 26.4 Å². The Bertz CT molecular complexity index is 772. The summed E-state index contributed by atoms with van der Waals surface area (Å²) in [6.45, 7) is 1.93. The molecule has 5 N–H and O–H groups in total. The van der Waals surface area contributed by atoms with Crippen molar-refractivity contribution in [3.05, 3.63) is 0 Å². The Hall–Kier alpha value is -1.90. The van der Waals surface area contributed by atoms with Gasteiger partial charge < -0.3 is 71.3 Å². The molecule has 0 saturated heterocycles. The third-order valence-corrected chi connectivity index (χ3v) is 15.7. The molecule has 0 aliphatic heterocycles. The van der Waals surface area contributed by atoms with Gasteiger partial charge in [0.15, 0.2) is 0 Å². The first-order valence-electron chi connectivity index (χ1n) is 15.1. The third kappa shape index (κ3) is 16.8. The van der Waals surface area contributed by atoms with Crippen molar-refractivity contribution in [2.75, 3.05) is 110 Å². The number of nitrogens with zero attached hydrogens (tertiary/aromatic N) is 1. The monoisotopic (exact) mass is 718 g/mol. The number of carbonyl (C=O) groups is 3. The summed E-state index contributed by atoms with van der Waals surface area (Å²) in [7, 11) is 5.67. The van der Waals surface area contributed by atoms with Gasteiger partial charge in [-0.1, -0.05) is 0 Å². The molecule has 0 aliphatic rings. The molecule has 272 valence electrons. The molecule has 0 unspecified atom stereocenters. The highest BCUT2D eigenvalue weighted by atomic mass is 28.4. The van der Waals surface area contributed by atoms with Gasteiger partial charge in [-0.05, 0) is 19.3 Å². The minimum Gasteiger partial charge on any atom is -0.377 e. The zero-order chi connectivity index (χ0) is 34.9. The van der Waals surface area contributed by atoms with Crippen molar-refractivity contribution < 1.29 is 54.2 Å². The second-order valence-electron chi connectivity index (χ2n) is 9.78. The Labute approximate surface area is 277 Å². The summed E-state index contributed by atoms with van der Waals surface area (Å²) in [6, 6.07) is 0.517. The molecule has 21 heteroatoms. The van der Waals surface area contributed by atoms with Crippen molar-refractivity contribution >= 4 is 44.5 Å². The second kappa shape index (κ2) is 25.2. The van der Waals surface area contributed by atoms with E-state index in [2.05, 4.69) is 26.6 Å². The van der Waals surface area contributed by atoms with Crippen molar-refractivity contribution in [2.24, 2.45) is 0 Å². The quantitative estimate of drug-likeness (QED) is 0.0580. The van der Waals surface area contributed by atoms with Gasteiger partial charge >= 0.3 is 44.5 Å². The fraction of sp³-hybridized carbons (Fsp3) is 0.880. The van der Waals surface area contributed by atoms with Crippen LogP contribution in [0.15, 0.2) is 0 Å². The summed E-state index contributed by atoms with van der Waals surface area (Å²) in [5.74, 6) is 0. The van der Waals surface area contributed by atoms with Crippen LogP contribution in [0.1, 0.15) is 19.3 Å². The van der Waals surface area contributed by atoms with E-state index in [1.807, 2.05) is 0 Å². The lowest BCUT2D eigenvalue weighted by Gasteiger charge is -2.26. The molecule has 0 bridgehead atoms. The first-order chi connectivity index (χ1) is 22.0. The van der Waals surface area contributed by atoms with Crippen LogP contribution in [0, 0.1) is 0 Å². The summed E-state index contributed by atoms with van der Waals surface area (Å²) in [6.07, 6.45) is 1.77. The zero-order valence-electron chi connectivity index (χ0n) is 29.0. The number of rotatable bonds is 27. The lowest BCUT2D eigenvalue weighted by Crippen LogP contribution is -2.49. The van der Waals surface area contributed by atoms with Gasteiger partial charge in [0.25, 0.3) is 0 Å². The predicted molar refractivity (Wildman–Crippen MR) is 176 cm³/mol. The highest BCUT2D eigenvalue weighted by Crippen LogP contribution is 2.16. The van der Waals surface area contributed by atoms with Crippen molar-refractivity contribution in [2.45, 2.75) is 37.4 Å². The zero-order valence-corrected chi connectivity index (χ0v) is 32.0. The van der Waals surface area contributed by atoms with Crippen molar-refractivity contribution in [1.29, 1.82) is 0 Å². The molecule has 0 aromatic heterocycles. The van der Waals surface area contributed by atoms with Gasteiger partial charge in [-0.25, -0.2) is 14.4 Å². The summed E-state index contributed by atoms with van der Waals surface area (Å²) < 4.78 is 48.6. The maximum atomic E-state index is 13.0. The Morgan fingerprint density at radius 2 is 0.696 bits per heavy atom. The van der Waals surface area contributed by atoms with Crippen molar-refractivity contribution in [3.8, 4) is 0 Å². The van der Waals surface area contributed by atoms with E-state index in [4.69, 9.17) is 39.8 Å². The van der Waals surface area contributed by atoms with Crippen molar-refractivity contribution in [1.82, 2.24) is 31.5 Å². The molecular weight excluding hydrogens is 661 g/mol. The predicted octanol–water partition coefficient (Wildman–Crippen LogP) is 0.401. The van der Waals surface area contributed by atoms with Gasteiger partial charge in [-0.3, -0.25) is 0 Å². The van der Waals surface area contributed by atoms with E-state index in [1.54, 1.807) is 0 Å². The van der Waals surface area contributed by atoms with Gasteiger partial charge in [0.2, 0.25) is 0 Å². The molecule has 0 saturated carbocycles. The smallest absolute Gasteiger partial charge is 0.377 e. The van der Waals surface area contributed by atoms with E-state index in [0.717, 1.165) is 0 Å². The first kappa shape index (κ1) is 44.1. The fourth-order valence-corrected chi connectivity index (χ4v) is 9.51. The topological polar surface area (TPSA) is 198 Å². The summed E-state index contributed by atoms with van der Waals surface area (Å²) in [4.78, 5) is 39.2. The standard InChI is InChI=1S/C25H58N6O12Si3/c1-35-44(36-2,37-3)20-10-13-26-23(32)28-16-18-31(25(34)30-15-12-22-46(41-7,42-8)43-9)19-17-29-24(33)27-14-11-21-45(38-4,39-5)40-6/h10-22H2,1-9H3,(H,30,34)(H2,26,28,32)(H2,27,29,33). The molecular formula is C25H58N6O12Si3. The number of carbonyl (C=O) groups excluding carboxylic acids is 3. The SMILES string of the molecule is CO[Si](CCCNC(=O)NCCN(CCNC(=O)NCCC[Si](OC)(OC)OC)C(=O)NCCC[Si](OC)(OC)OC)(OC)OC. The van der Waals surface area contributed by atoms with Gasteiger partial charge in [0.05, 0.1) is 0 Å². The molecule has 0 rings (SSSR count). The lowest BCUT2D eigenvalue weighted by atomic mass is 10.4. The number of amides is 6. The van der Waals surface area contributed by atoms with Crippen LogP contribution in [0.3, 0.4) is 0 Å². The average molecular weight is 719 g/mol. The number of nitrogens with one attached hydrogen (secondary N) is 5. The summed E-state index contributed by atoms with van der Waals surface area (Å²) >= 11 is 0. The molecule has 0 fully saturated rings.